The topological polar surface area (TPSA) is 23.5 Å². The Bertz CT molecular complexity index is 352. The maximum absolute atomic E-state index is 12.9. The summed E-state index contributed by atoms with van der Waals surface area (Å²) in [4.78, 5) is 2.36. The average Bonchev–Trinajstić information content (AvgIpc) is 2.39. The molecule has 3 heteroatoms. The molecule has 0 radical (unpaired) electrons. The Morgan fingerprint density at radius 1 is 1.35 bits per heavy atom. The van der Waals surface area contributed by atoms with Gasteiger partial charge in [-0.1, -0.05) is 19.1 Å². The van der Waals surface area contributed by atoms with Crippen molar-refractivity contribution in [3.8, 4) is 0 Å². The lowest BCUT2D eigenvalue weighted by Gasteiger charge is -2.37. The summed E-state index contributed by atoms with van der Waals surface area (Å²) in [6.07, 6.45) is 1.05. The molecule has 1 aromatic carbocycles. The molecule has 0 spiro atoms. The molecule has 0 saturated carbocycles. The summed E-state index contributed by atoms with van der Waals surface area (Å²) in [6.45, 7) is 5.39. The van der Waals surface area contributed by atoms with Gasteiger partial charge in [0.1, 0.15) is 5.82 Å². The van der Waals surface area contributed by atoms with E-state index in [-0.39, 0.29) is 18.3 Å². The minimum absolute atomic E-state index is 0.194. The van der Waals surface area contributed by atoms with Crippen LogP contribution < -0.4 is 0 Å². The highest BCUT2D eigenvalue weighted by molar-refractivity contribution is 5.22. The van der Waals surface area contributed by atoms with Crippen LogP contribution in [0, 0.1) is 11.7 Å². The first-order chi connectivity index (χ1) is 8.24. The van der Waals surface area contributed by atoms with E-state index < -0.39 is 0 Å². The van der Waals surface area contributed by atoms with Crippen molar-refractivity contribution in [3.05, 3.63) is 35.6 Å². The van der Waals surface area contributed by atoms with Gasteiger partial charge < -0.3 is 10.0 Å². The van der Waals surface area contributed by atoms with Gasteiger partial charge in [-0.15, -0.1) is 0 Å². The number of hydrogen-bond acceptors (Lipinski definition) is 2. The zero-order valence-corrected chi connectivity index (χ0v) is 10.3. The van der Waals surface area contributed by atoms with Crippen molar-refractivity contribution in [2.75, 3.05) is 26.2 Å². The summed E-state index contributed by atoms with van der Waals surface area (Å²) >= 11 is 0. The van der Waals surface area contributed by atoms with Crippen LogP contribution in [-0.2, 0) is 0 Å². The summed E-state index contributed by atoms with van der Waals surface area (Å²) in [6, 6.07) is 6.72. The standard InChI is InChI=1S/C14H20FNO/c1-2-16-8-7-14(12(9-16)10-17)11-3-5-13(15)6-4-11/h3-6,12,14,17H,2,7-10H2,1H3/t12-,14-/m0/s1. The fourth-order valence-electron chi connectivity index (χ4n) is 2.73. The minimum Gasteiger partial charge on any atom is -0.396 e. The SMILES string of the molecule is CCN1CC[C@@H](c2ccc(F)cc2)[C@H](CO)C1. The lowest BCUT2D eigenvalue weighted by molar-refractivity contribution is 0.105. The second-order valence-electron chi connectivity index (χ2n) is 4.78. The summed E-state index contributed by atoms with van der Waals surface area (Å²) in [7, 11) is 0. The predicted molar refractivity (Wildman–Crippen MR) is 66.4 cm³/mol. The molecule has 1 saturated heterocycles. The van der Waals surface area contributed by atoms with Crippen LogP contribution in [0.15, 0.2) is 24.3 Å². The molecule has 1 aliphatic rings. The Kier molecular flexibility index (Phi) is 4.13. The number of nitrogens with zero attached hydrogens (tertiary/aromatic N) is 1. The van der Waals surface area contributed by atoms with Gasteiger partial charge in [0.2, 0.25) is 0 Å². The summed E-state index contributed by atoms with van der Waals surface area (Å²) in [5, 5.41) is 9.49. The monoisotopic (exact) mass is 237 g/mol. The van der Waals surface area contributed by atoms with Crippen LogP contribution in [0.4, 0.5) is 4.39 Å². The van der Waals surface area contributed by atoms with Gasteiger partial charge in [0.05, 0.1) is 0 Å². The van der Waals surface area contributed by atoms with Crippen molar-refractivity contribution in [1.82, 2.24) is 4.90 Å². The number of rotatable bonds is 3. The van der Waals surface area contributed by atoms with Crippen molar-refractivity contribution in [1.29, 1.82) is 0 Å². The van der Waals surface area contributed by atoms with E-state index in [0.29, 0.717) is 5.92 Å². The average molecular weight is 237 g/mol. The van der Waals surface area contributed by atoms with E-state index in [1.807, 2.05) is 12.1 Å². The van der Waals surface area contributed by atoms with Crippen molar-refractivity contribution in [2.24, 2.45) is 5.92 Å². The minimum atomic E-state index is -0.194. The second-order valence-corrected chi connectivity index (χ2v) is 4.78. The molecule has 1 heterocycles. The molecule has 0 bridgehead atoms. The second kappa shape index (κ2) is 5.61. The van der Waals surface area contributed by atoms with Crippen molar-refractivity contribution >= 4 is 0 Å². The zero-order chi connectivity index (χ0) is 12.3. The van der Waals surface area contributed by atoms with Crippen LogP contribution in [0.25, 0.3) is 0 Å². The van der Waals surface area contributed by atoms with E-state index in [1.54, 1.807) is 0 Å². The molecule has 1 aliphatic heterocycles. The number of aliphatic hydroxyl groups excluding tert-OH is 1. The molecule has 1 N–H and O–H groups in total. The number of hydrogen-bond donors (Lipinski definition) is 1. The van der Waals surface area contributed by atoms with Gasteiger partial charge in [-0.25, -0.2) is 4.39 Å². The molecule has 0 aliphatic carbocycles. The normalized spacial score (nSPS) is 26.1. The fourth-order valence-corrected chi connectivity index (χ4v) is 2.73. The Balaban J connectivity index is 2.12. The number of piperidine rings is 1. The largest absolute Gasteiger partial charge is 0.396 e. The Hall–Kier alpha value is -0.930. The first-order valence-electron chi connectivity index (χ1n) is 6.33. The Morgan fingerprint density at radius 3 is 2.65 bits per heavy atom. The smallest absolute Gasteiger partial charge is 0.123 e. The molecule has 1 fully saturated rings. The third-order valence-corrected chi connectivity index (χ3v) is 3.80. The van der Waals surface area contributed by atoms with Crippen molar-refractivity contribution in [2.45, 2.75) is 19.3 Å². The highest BCUT2D eigenvalue weighted by Crippen LogP contribution is 2.32. The highest BCUT2D eigenvalue weighted by atomic mass is 19.1. The molecule has 94 valence electrons. The van der Waals surface area contributed by atoms with Gasteiger partial charge in [-0.3, -0.25) is 0 Å². The molecule has 0 unspecified atom stereocenters. The van der Waals surface area contributed by atoms with Crippen LogP contribution >= 0.6 is 0 Å². The van der Waals surface area contributed by atoms with Crippen LogP contribution in [0.2, 0.25) is 0 Å². The Morgan fingerprint density at radius 2 is 2.06 bits per heavy atom. The van der Waals surface area contributed by atoms with Gasteiger partial charge in [0.25, 0.3) is 0 Å². The third-order valence-electron chi connectivity index (χ3n) is 3.80. The number of halogens is 1. The van der Waals surface area contributed by atoms with Gasteiger partial charge in [-0.2, -0.15) is 0 Å². The summed E-state index contributed by atoms with van der Waals surface area (Å²) in [5.74, 6) is 0.442. The van der Waals surface area contributed by atoms with E-state index >= 15 is 0 Å². The first kappa shape index (κ1) is 12.5. The van der Waals surface area contributed by atoms with E-state index in [4.69, 9.17) is 0 Å². The van der Waals surface area contributed by atoms with Crippen molar-refractivity contribution in [3.63, 3.8) is 0 Å². The fraction of sp³-hybridized carbons (Fsp3) is 0.571. The van der Waals surface area contributed by atoms with Crippen LogP contribution in [0.5, 0.6) is 0 Å². The zero-order valence-electron chi connectivity index (χ0n) is 10.3. The van der Waals surface area contributed by atoms with Crippen molar-refractivity contribution < 1.29 is 9.50 Å². The molecule has 2 rings (SSSR count). The molecular formula is C14H20FNO. The van der Waals surface area contributed by atoms with E-state index in [9.17, 15) is 9.50 Å². The quantitative estimate of drug-likeness (QED) is 0.871. The number of benzene rings is 1. The molecule has 0 amide bonds. The molecule has 0 aromatic heterocycles. The maximum Gasteiger partial charge on any atom is 0.123 e. The van der Waals surface area contributed by atoms with E-state index in [2.05, 4.69) is 11.8 Å². The summed E-state index contributed by atoms with van der Waals surface area (Å²) < 4.78 is 12.9. The van der Waals surface area contributed by atoms with Gasteiger partial charge in [0.15, 0.2) is 0 Å². The van der Waals surface area contributed by atoms with Gasteiger partial charge >= 0.3 is 0 Å². The van der Waals surface area contributed by atoms with Crippen LogP contribution in [0.1, 0.15) is 24.8 Å². The van der Waals surface area contributed by atoms with Crippen LogP contribution in [-0.4, -0.2) is 36.2 Å². The van der Waals surface area contributed by atoms with E-state index in [1.165, 1.54) is 12.1 Å². The first-order valence-corrected chi connectivity index (χ1v) is 6.33. The lowest BCUT2D eigenvalue weighted by Crippen LogP contribution is -2.40. The Labute approximate surface area is 102 Å². The summed E-state index contributed by atoms with van der Waals surface area (Å²) in [5.41, 5.74) is 1.15. The van der Waals surface area contributed by atoms with Gasteiger partial charge in [-0.05, 0) is 43.1 Å². The molecular weight excluding hydrogens is 217 g/mol. The molecule has 17 heavy (non-hydrogen) atoms. The molecule has 2 nitrogen and oxygen atoms in total. The molecule has 2 atom stereocenters. The highest BCUT2D eigenvalue weighted by Gasteiger charge is 2.29. The van der Waals surface area contributed by atoms with Crippen LogP contribution in [0.3, 0.4) is 0 Å². The number of aliphatic hydroxyl groups is 1. The maximum atomic E-state index is 12.9. The lowest BCUT2D eigenvalue weighted by atomic mass is 9.81. The number of likely N-dealkylation sites (tertiary alicyclic amines) is 1. The van der Waals surface area contributed by atoms with Gasteiger partial charge in [0, 0.05) is 19.1 Å². The predicted octanol–water partition coefficient (Wildman–Crippen LogP) is 2.24. The van der Waals surface area contributed by atoms with E-state index in [0.717, 1.165) is 31.6 Å². The third kappa shape index (κ3) is 2.85. The molecule has 1 aromatic rings.